The van der Waals surface area contributed by atoms with Gasteiger partial charge >= 0.3 is 5.69 Å². The molecule has 0 amide bonds. The van der Waals surface area contributed by atoms with E-state index in [1.54, 1.807) is 0 Å². The molecule has 1 fully saturated rings. The zero-order valence-corrected chi connectivity index (χ0v) is 13.4. The number of hydrogen-bond donors (Lipinski definition) is 2. The number of hydrogen-bond acceptors (Lipinski definition) is 6. The summed E-state index contributed by atoms with van der Waals surface area (Å²) in [5, 5.41) is 0. The van der Waals surface area contributed by atoms with Crippen molar-refractivity contribution < 1.29 is 16.8 Å². The lowest BCUT2D eigenvalue weighted by Gasteiger charge is -2.14. The molecule has 0 spiro atoms. The summed E-state index contributed by atoms with van der Waals surface area (Å²) in [6.45, 7) is 0.180. The predicted molar refractivity (Wildman–Crippen MR) is 77.5 cm³/mol. The van der Waals surface area contributed by atoms with Crippen LogP contribution >= 0.6 is 0 Å². The zero-order chi connectivity index (χ0) is 16.5. The van der Waals surface area contributed by atoms with E-state index >= 15 is 0 Å². The SMILES string of the molecule is Cn1cc(S(=O)(=O)NCCN2CCCS2(=O)=O)c(=O)[nH]c1=O. The van der Waals surface area contributed by atoms with E-state index in [9.17, 15) is 26.4 Å². The molecule has 2 heterocycles. The van der Waals surface area contributed by atoms with Gasteiger partial charge < -0.3 is 4.57 Å². The van der Waals surface area contributed by atoms with E-state index in [-0.39, 0.29) is 18.8 Å². The maximum Gasteiger partial charge on any atom is 0.328 e. The third-order valence-electron chi connectivity index (χ3n) is 3.22. The van der Waals surface area contributed by atoms with Crippen molar-refractivity contribution in [3.05, 3.63) is 27.0 Å². The Hall–Kier alpha value is -1.50. The number of aryl methyl sites for hydroxylation is 1. The van der Waals surface area contributed by atoms with Gasteiger partial charge in [0.15, 0.2) is 4.90 Å². The monoisotopic (exact) mass is 352 g/mol. The molecule has 1 saturated heterocycles. The van der Waals surface area contributed by atoms with Crippen molar-refractivity contribution in [1.82, 2.24) is 18.6 Å². The molecule has 2 N–H and O–H groups in total. The zero-order valence-electron chi connectivity index (χ0n) is 11.8. The Labute approximate surface area is 126 Å². The van der Waals surface area contributed by atoms with Crippen LogP contribution in [0.25, 0.3) is 0 Å². The highest BCUT2D eigenvalue weighted by molar-refractivity contribution is 7.89. The lowest BCUT2D eigenvalue weighted by atomic mass is 10.5. The van der Waals surface area contributed by atoms with E-state index in [0.717, 1.165) is 10.8 Å². The van der Waals surface area contributed by atoms with E-state index in [0.29, 0.717) is 13.0 Å². The summed E-state index contributed by atoms with van der Waals surface area (Å²) >= 11 is 0. The van der Waals surface area contributed by atoms with E-state index < -0.39 is 36.2 Å². The quantitative estimate of drug-likeness (QED) is 0.595. The van der Waals surface area contributed by atoms with Gasteiger partial charge in [0.25, 0.3) is 5.56 Å². The highest BCUT2D eigenvalue weighted by Gasteiger charge is 2.28. The molecule has 0 saturated carbocycles. The van der Waals surface area contributed by atoms with E-state index in [1.807, 2.05) is 4.98 Å². The molecule has 2 rings (SSSR count). The van der Waals surface area contributed by atoms with Gasteiger partial charge in [-0.25, -0.2) is 30.7 Å². The van der Waals surface area contributed by atoms with Gasteiger partial charge in [-0.05, 0) is 6.42 Å². The van der Waals surface area contributed by atoms with Gasteiger partial charge in [0, 0.05) is 32.9 Å². The second-order valence-corrected chi connectivity index (χ2v) is 8.65. The lowest BCUT2D eigenvalue weighted by Crippen LogP contribution is -2.39. The Morgan fingerprint density at radius 2 is 2.05 bits per heavy atom. The topological polar surface area (TPSA) is 138 Å². The summed E-state index contributed by atoms with van der Waals surface area (Å²) in [7, 11) is -6.14. The molecule has 0 bridgehead atoms. The van der Waals surface area contributed by atoms with Gasteiger partial charge in [-0.15, -0.1) is 0 Å². The van der Waals surface area contributed by atoms with Crippen LogP contribution in [0.3, 0.4) is 0 Å². The smallest absolute Gasteiger partial charge is 0.302 e. The van der Waals surface area contributed by atoms with E-state index in [2.05, 4.69) is 4.72 Å². The first-order valence-electron chi connectivity index (χ1n) is 6.41. The van der Waals surface area contributed by atoms with Crippen LogP contribution in [0.1, 0.15) is 6.42 Å². The number of aromatic nitrogens is 2. The molecule has 22 heavy (non-hydrogen) atoms. The Bertz CT molecular complexity index is 883. The second-order valence-electron chi connectivity index (χ2n) is 4.83. The number of H-pyrrole nitrogens is 1. The number of nitrogens with zero attached hydrogens (tertiary/aromatic N) is 2. The molecule has 12 heteroatoms. The number of nitrogens with one attached hydrogen (secondary N) is 2. The summed E-state index contributed by atoms with van der Waals surface area (Å²) < 4.78 is 51.5. The maximum atomic E-state index is 12.0. The van der Waals surface area contributed by atoms with Crippen LogP contribution in [0, 0.1) is 0 Å². The van der Waals surface area contributed by atoms with Crippen molar-refractivity contribution in [2.75, 3.05) is 25.4 Å². The molecule has 1 aliphatic heterocycles. The third kappa shape index (κ3) is 3.45. The van der Waals surface area contributed by atoms with E-state index in [4.69, 9.17) is 0 Å². The molecule has 10 nitrogen and oxygen atoms in total. The lowest BCUT2D eigenvalue weighted by molar-refractivity contribution is 0.444. The molecule has 124 valence electrons. The minimum atomic E-state index is -4.13. The summed E-state index contributed by atoms with van der Waals surface area (Å²) in [5.74, 6) is 0.0558. The molecular formula is C10H16N4O6S2. The number of aromatic amines is 1. The van der Waals surface area contributed by atoms with Gasteiger partial charge in [0.2, 0.25) is 20.0 Å². The first-order chi connectivity index (χ1) is 10.1. The minimum Gasteiger partial charge on any atom is -0.302 e. The largest absolute Gasteiger partial charge is 0.328 e. The third-order valence-corrected chi connectivity index (χ3v) is 6.63. The fourth-order valence-corrected chi connectivity index (χ4v) is 4.69. The summed E-state index contributed by atoms with van der Waals surface area (Å²) in [4.78, 5) is 24.1. The Kier molecular flexibility index (Phi) is 4.56. The van der Waals surface area contributed by atoms with Crippen LogP contribution in [-0.2, 0) is 27.1 Å². The Balaban J connectivity index is 2.11. The first kappa shape index (κ1) is 16.9. The Morgan fingerprint density at radius 1 is 1.36 bits per heavy atom. The molecule has 1 aromatic rings. The van der Waals surface area contributed by atoms with Gasteiger partial charge in [-0.1, -0.05) is 0 Å². The first-order valence-corrected chi connectivity index (χ1v) is 9.50. The van der Waals surface area contributed by atoms with Crippen LogP contribution in [0.5, 0.6) is 0 Å². The van der Waals surface area contributed by atoms with Gasteiger partial charge in [-0.3, -0.25) is 9.78 Å². The average Bonchev–Trinajstić information content (AvgIpc) is 2.73. The van der Waals surface area contributed by atoms with Crippen LogP contribution in [0.15, 0.2) is 20.7 Å². The van der Waals surface area contributed by atoms with Crippen LogP contribution < -0.4 is 16.0 Å². The summed E-state index contributed by atoms with van der Waals surface area (Å²) in [6.07, 6.45) is 1.42. The van der Waals surface area contributed by atoms with Crippen molar-refractivity contribution in [3.8, 4) is 0 Å². The normalized spacial score (nSPS) is 18.6. The molecule has 1 aromatic heterocycles. The Morgan fingerprint density at radius 3 is 2.64 bits per heavy atom. The van der Waals surface area contributed by atoms with Crippen molar-refractivity contribution in [2.45, 2.75) is 11.3 Å². The van der Waals surface area contributed by atoms with Gasteiger partial charge in [0.1, 0.15) is 0 Å². The van der Waals surface area contributed by atoms with Crippen LogP contribution in [0.2, 0.25) is 0 Å². The highest BCUT2D eigenvalue weighted by atomic mass is 32.2. The van der Waals surface area contributed by atoms with Crippen molar-refractivity contribution in [3.63, 3.8) is 0 Å². The van der Waals surface area contributed by atoms with Crippen molar-refractivity contribution >= 4 is 20.0 Å². The van der Waals surface area contributed by atoms with Crippen molar-refractivity contribution in [1.29, 1.82) is 0 Å². The summed E-state index contributed by atoms with van der Waals surface area (Å²) in [5.41, 5.74) is -1.75. The second kappa shape index (κ2) is 5.95. The molecular weight excluding hydrogens is 336 g/mol. The number of sulfonamides is 2. The van der Waals surface area contributed by atoms with Gasteiger partial charge in [-0.2, -0.15) is 0 Å². The molecule has 0 aromatic carbocycles. The van der Waals surface area contributed by atoms with E-state index in [1.165, 1.54) is 11.4 Å². The molecule has 1 aliphatic rings. The molecule has 0 unspecified atom stereocenters. The fourth-order valence-electron chi connectivity index (χ4n) is 2.06. The van der Waals surface area contributed by atoms with Gasteiger partial charge in [0.05, 0.1) is 5.75 Å². The average molecular weight is 352 g/mol. The predicted octanol–water partition coefficient (Wildman–Crippen LogP) is -2.61. The van der Waals surface area contributed by atoms with Crippen LogP contribution in [-0.4, -0.2) is 56.1 Å². The molecule has 0 aliphatic carbocycles. The summed E-state index contributed by atoms with van der Waals surface area (Å²) in [6, 6.07) is 0. The molecule has 0 atom stereocenters. The fraction of sp³-hybridized carbons (Fsp3) is 0.600. The maximum absolute atomic E-state index is 12.0. The number of rotatable bonds is 5. The minimum absolute atomic E-state index is 0.00870. The van der Waals surface area contributed by atoms with Crippen LogP contribution in [0.4, 0.5) is 0 Å². The van der Waals surface area contributed by atoms with Crippen molar-refractivity contribution in [2.24, 2.45) is 7.05 Å². The molecule has 0 radical (unpaired) electrons. The highest BCUT2D eigenvalue weighted by Crippen LogP contribution is 2.12. The standard InChI is InChI=1S/C10H16N4O6S2/c1-13-7-8(9(15)12-10(13)16)22(19,20)11-3-5-14-4-2-6-21(14,17)18/h7,11H,2-6H2,1H3,(H,12,15,16).